The Hall–Kier alpha value is -0.610. The summed E-state index contributed by atoms with van der Waals surface area (Å²) in [6, 6.07) is 0.0363. The molecule has 0 aromatic rings. The Bertz CT molecular complexity index is 193. The van der Waals surface area contributed by atoms with E-state index in [-0.39, 0.29) is 12.0 Å². The van der Waals surface area contributed by atoms with Gasteiger partial charge in [0, 0.05) is 6.04 Å². The normalized spacial score (nSPS) is 15.1. The van der Waals surface area contributed by atoms with Crippen LogP contribution in [0.4, 0.5) is 0 Å². The minimum absolute atomic E-state index is 0.0363. The van der Waals surface area contributed by atoms with Crippen molar-refractivity contribution in [3.8, 4) is 0 Å². The first-order valence-electron chi connectivity index (χ1n) is 6.21. The van der Waals surface area contributed by atoms with Gasteiger partial charge in [0.15, 0.2) is 0 Å². The molecular formula is C12H26N2O2. The van der Waals surface area contributed by atoms with Crippen LogP contribution in [0.2, 0.25) is 0 Å². The molecule has 0 aliphatic rings. The van der Waals surface area contributed by atoms with Crippen LogP contribution in [-0.2, 0) is 4.79 Å². The van der Waals surface area contributed by atoms with Crippen LogP contribution in [0.5, 0.6) is 0 Å². The first-order valence-corrected chi connectivity index (χ1v) is 6.21. The molecule has 0 amide bonds. The summed E-state index contributed by atoms with van der Waals surface area (Å²) in [7, 11) is 0. The van der Waals surface area contributed by atoms with Crippen LogP contribution >= 0.6 is 0 Å². The standard InChI is InChI=1S/C12H26N2O2/c1-5-14(6-2)9-7-8-13-11(4)10(3)12(15)16/h10-11,13H,5-9H2,1-4H3,(H,15,16). The van der Waals surface area contributed by atoms with E-state index in [1.807, 2.05) is 6.92 Å². The van der Waals surface area contributed by atoms with Crippen molar-refractivity contribution in [3.63, 3.8) is 0 Å². The van der Waals surface area contributed by atoms with Crippen molar-refractivity contribution in [2.75, 3.05) is 26.2 Å². The van der Waals surface area contributed by atoms with Crippen LogP contribution in [0, 0.1) is 5.92 Å². The van der Waals surface area contributed by atoms with Gasteiger partial charge in [-0.3, -0.25) is 4.79 Å². The van der Waals surface area contributed by atoms with Crippen LogP contribution < -0.4 is 5.32 Å². The van der Waals surface area contributed by atoms with Crippen molar-refractivity contribution < 1.29 is 9.90 Å². The second kappa shape index (κ2) is 8.53. The van der Waals surface area contributed by atoms with Gasteiger partial charge in [-0.05, 0) is 39.5 Å². The van der Waals surface area contributed by atoms with Crippen molar-refractivity contribution in [1.82, 2.24) is 10.2 Å². The van der Waals surface area contributed by atoms with E-state index in [0.717, 1.165) is 32.6 Å². The Balaban J connectivity index is 3.62. The zero-order valence-electron chi connectivity index (χ0n) is 11.0. The molecule has 2 unspecified atom stereocenters. The SMILES string of the molecule is CCN(CC)CCCNC(C)C(C)C(=O)O. The highest BCUT2D eigenvalue weighted by Crippen LogP contribution is 2.02. The Kier molecular flexibility index (Phi) is 8.21. The number of hydrogen-bond acceptors (Lipinski definition) is 3. The second-order valence-electron chi connectivity index (χ2n) is 4.25. The van der Waals surface area contributed by atoms with Crippen LogP contribution in [0.25, 0.3) is 0 Å². The summed E-state index contributed by atoms with van der Waals surface area (Å²) in [5, 5.41) is 12.1. The molecule has 0 rings (SSSR count). The van der Waals surface area contributed by atoms with Gasteiger partial charge in [-0.2, -0.15) is 0 Å². The Labute approximate surface area is 99.0 Å². The summed E-state index contributed by atoms with van der Waals surface area (Å²) in [4.78, 5) is 13.1. The molecule has 0 heterocycles. The summed E-state index contributed by atoms with van der Waals surface area (Å²) in [5.41, 5.74) is 0. The molecule has 0 aromatic carbocycles. The van der Waals surface area contributed by atoms with Crippen LogP contribution in [0.15, 0.2) is 0 Å². The highest BCUT2D eigenvalue weighted by atomic mass is 16.4. The summed E-state index contributed by atoms with van der Waals surface area (Å²) >= 11 is 0. The lowest BCUT2D eigenvalue weighted by atomic mass is 10.0. The van der Waals surface area contributed by atoms with E-state index in [1.165, 1.54) is 0 Å². The Morgan fingerprint density at radius 1 is 1.31 bits per heavy atom. The lowest BCUT2D eigenvalue weighted by molar-refractivity contribution is -0.141. The highest BCUT2D eigenvalue weighted by molar-refractivity contribution is 5.70. The number of nitrogens with zero attached hydrogens (tertiary/aromatic N) is 1. The molecule has 96 valence electrons. The minimum atomic E-state index is -0.733. The van der Waals surface area contributed by atoms with Gasteiger partial charge in [-0.25, -0.2) is 0 Å². The third-order valence-electron chi connectivity index (χ3n) is 3.15. The molecule has 0 aliphatic carbocycles. The van der Waals surface area contributed by atoms with Gasteiger partial charge in [-0.1, -0.05) is 20.8 Å². The van der Waals surface area contributed by atoms with Gasteiger partial charge in [-0.15, -0.1) is 0 Å². The van der Waals surface area contributed by atoms with Crippen molar-refractivity contribution in [2.45, 2.75) is 40.2 Å². The predicted octanol–water partition coefficient (Wildman–Crippen LogP) is 1.42. The van der Waals surface area contributed by atoms with Crippen molar-refractivity contribution in [2.24, 2.45) is 5.92 Å². The number of carbonyl (C=O) groups is 1. The fourth-order valence-corrected chi connectivity index (χ4v) is 1.56. The van der Waals surface area contributed by atoms with Gasteiger partial charge < -0.3 is 15.3 Å². The smallest absolute Gasteiger partial charge is 0.307 e. The molecule has 4 heteroatoms. The van der Waals surface area contributed by atoms with Gasteiger partial charge in [0.05, 0.1) is 5.92 Å². The van der Waals surface area contributed by atoms with Crippen LogP contribution in [0.1, 0.15) is 34.1 Å². The lowest BCUT2D eigenvalue weighted by Gasteiger charge is -2.20. The fraction of sp³-hybridized carbons (Fsp3) is 0.917. The predicted molar refractivity (Wildman–Crippen MR) is 66.7 cm³/mol. The maximum atomic E-state index is 10.7. The number of rotatable bonds is 9. The average Bonchev–Trinajstić information content (AvgIpc) is 2.27. The van der Waals surface area contributed by atoms with Crippen LogP contribution in [0.3, 0.4) is 0 Å². The van der Waals surface area contributed by atoms with Crippen molar-refractivity contribution in [3.05, 3.63) is 0 Å². The zero-order valence-corrected chi connectivity index (χ0v) is 11.0. The first kappa shape index (κ1) is 15.4. The van der Waals surface area contributed by atoms with E-state index < -0.39 is 5.97 Å². The number of nitrogens with one attached hydrogen (secondary N) is 1. The molecule has 0 aromatic heterocycles. The third kappa shape index (κ3) is 6.08. The molecule has 0 saturated heterocycles. The van der Waals surface area contributed by atoms with E-state index in [0.29, 0.717) is 0 Å². The van der Waals surface area contributed by atoms with Gasteiger partial charge in [0.2, 0.25) is 0 Å². The molecule has 0 saturated carbocycles. The maximum absolute atomic E-state index is 10.7. The molecule has 16 heavy (non-hydrogen) atoms. The largest absolute Gasteiger partial charge is 0.481 e. The van der Waals surface area contributed by atoms with E-state index in [9.17, 15) is 4.79 Å². The number of hydrogen-bond donors (Lipinski definition) is 2. The molecule has 2 atom stereocenters. The topological polar surface area (TPSA) is 52.6 Å². The lowest BCUT2D eigenvalue weighted by Crippen LogP contribution is -2.37. The van der Waals surface area contributed by atoms with Crippen molar-refractivity contribution >= 4 is 5.97 Å². The number of aliphatic carboxylic acids is 1. The van der Waals surface area contributed by atoms with E-state index >= 15 is 0 Å². The number of carboxylic acid groups (broad SMARTS) is 1. The molecule has 0 aliphatic heterocycles. The fourth-order valence-electron chi connectivity index (χ4n) is 1.56. The van der Waals surface area contributed by atoms with Crippen molar-refractivity contribution in [1.29, 1.82) is 0 Å². The Morgan fingerprint density at radius 2 is 1.88 bits per heavy atom. The average molecular weight is 230 g/mol. The van der Waals surface area contributed by atoms with Gasteiger partial charge in [0.1, 0.15) is 0 Å². The molecule has 0 radical (unpaired) electrons. The summed E-state index contributed by atoms with van der Waals surface area (Å²) in [6.07, 6.45) is 1.07. The van der Waals surface area contributed by atoms with E-state index in [1.54, 1.807) is 6.92 Å². The molecule has 0 spiro atoms. The first-order chi connectivity index (χ1) is 7.52. The van der Waals surface area contributed by atoms with Crippen LogP contribution in [-0.4, -0.2) is 48.2 Å². The molecule has 2 N–H and O–H groups in total. The maximum Gasteiger partial charge on any atom is 0.307 e. The van der Waals surface area contributed by atoms with E-state index in [4.69, 9.17) is 5.11 Å². The third-order valence-corrected chi connectivity index (χ3v) is 3.15. The number of carboxylic acids is 1. The van der Waals surface area contributed by atoms with Gasteiger partial charge in [0.25, 0.3) is 0 Å². The second-order valence-corrected chi connectivity index (χ2v) is 4.25. The van der Waals surface area contributed by atoms with E-state index in [2.05, 4.69) is 24.1 Å². The summed E-state index contributed by atoms with van der Waals surface area (Å²) in [5.74, 6) is -1.06. The monoisotopic (exact) mass is 230 g/mol. The molecule has 0 bridgehead atoms. The zero-order chi connectivity index (χ0) is 12.6. The minimum Gasteiger partial charge on any atom is -0.481 e. The Morgan fingerprint density at radius 3 is 2.31 bits per heavy atom. The highest BCUT2D eigenvalue weighted by Gasteiger charge is 2.18. The quantitative estimate of drug-likeness (QED) is 0.588. The molecule has 4 nitrogen and oxygen atoms in total. The molecular weight excluding hydrogens is 204 g/mol. The summed E-state index contributed by atoms with van der Waals surface area (Å²) < 4.78 is 0. The van der Waals surface area contributed by atoms with Gasteiger partial charge >= 0.3 is 5.97 Å². The molecule has 0 fully saturated rings. The summed E-state index contributed by atoms with van der Waals surface area (Å²) in [6.45, 7) is 12.1.